The monoisotopic (exact) mass is 246 g/mol. The molecule has 0 heterocycles. The number of aromatic hydroxyl groups is 2. The number of para-hydroxylation sites is 4. The number of hydrogen-bond donors (Lipinski definition) is 2. The molecule has 0 unspecified atom stereocenters. The number of hydrogen-bond acceptors (Lipinski definition) is 5. The van der Waals surface area contributed by atoms with Crippen molar-refractivity contribution in [3.8, 4) is 23.0 Å². The fourth-order valence-corrected chi connectivity index (χ4v) is 1.29. The Morgan fingerprint density at radius 1 is 0.778 bits per heavy atom. The second kappa shape index (κ2) is 5.09. The average Bonchev–Trinajstić information content (AvgIpc) is 2.35. The first-order valence-electron chi connectivity index (χ1n) is 5.12. The molecule has 0 aliphatic rings. The van der Waals surface area contributed by atoms with Crippen molar-refractivity contribution in [3.05, 3.63) is 48.5 Å². The molecule has 2 aromatic carbocycles. The number of rotatable bonds is 2. The highest BCUT2D eigenvalue weighted by Crippen LogP contribution is 2.27. The van der Waals surface area contributed by atoms with Crippen LogP contribution < -0.4 is 9.47 Å². The van der Waals surface area contributed by atoms with Crippen LogP contribution in [0.3, 0.4) is 0 Å². The largest absolute Gasteiger partial charge is 0.519 e. The van der Waals surface area contributed by atoms with Gasteiger partial charge in [-0.15, -0.1) is 0 Å². The topological polar surface area (TPSA) is 76.0 Å². The van der Waals surface area contributed by atoms with Crippen molar-refractivity contribution in [3.63, 3.8) is 0 Å². The highest BCUT2D eigenvalue weighted by molar-refractivity contribution is 5.69. The Labute approximate surface area is 103 Å². The van der Waals surface area contributed by atoms with E-state index in [-0.39, 0.29) is 23.0 Å². The van der Waals surface area contributed by atoms with E-state index in [1.165, 1.54) is 24.3 Å². The molecule has 0 fully saturated rings. The Morgan fingerprint density at radius 3 is 1.56 bits per heavy atom. The number of ether oxygens (including phenoxy) is 2. The van der Waals surface area contributed by atoms with Crippen molar-refractivity contribution < 1.29 is 24.5 Å². The van der Waals surface area contributed by atoms with Crippen LogP contribution in [-0.4, -0.2) is 16.4 Å². The molecule has 0 saturated carbocycles. The third-order valence-electron chi connectivity index (χ3n) is 2.12. The molecule has 2 aromatic rings. The van der Waals surface area contributed by atoms with Crippen LogP contribution >= 0.6 is 0 Å². The molecule has 92 valence electrons. The minimum Gasteiger partial charge on any atom is -0.504 e. The van der Waals surface area contributed by atoms with E-state index in [1.807, 2.05) is 0 Å². The van der Waals surface area contributed by atoms with Crippen molar-refractivity contribution in [1.82, 2.24) is 0 Å². The molecule has 0 bridgehead atoms. The van der Waals surface area contributed by atoms with Gasteiger partial charge in [-0.3, -0.25) is 0 Å². The SMILES string of the molecule is O=C(Oc1ccccc1O)Oc1ccccc1O. The zero-order valence-electron chi connectivity index (χ0n) is 9.24. The van der Waals surface area contributed by atoms with Gasteiger partial charge in [0.15, 0.2) is 23.0 Å². The van der Waals surface area contributed by atoms with Crippen molar-refractivity contribution in [2.45, 2.75) is 0 Å². The standard InChI is InChI=1S/C13H10O5/c14-9-5-1-3-7-11(9)17-13(16)18-12-8-4-2-6-10(12)15/h1-8,14-15H. The minimum atomic E-state index is -1.04. The fraction of sp³-hybridized carbons (Fsp3) is 0. The van der Waals surface area contributed by atoms with Gasteiger partial charge in [0.05, 0.1) is 0 Å². The normalized spacial score (nSPS) is 9.78. The fourth-order valence-electron chi connectivity index (χ4n) is 1.29. The first-order valence-corrected chi connectivity index (χ1v) is 5.12. The summed E-state index contributed by atoms with van der Waals surface area (Å²) in [4.78, 5) is 11.4. The summed E-state index contributed by atoms with van der Waals surface area (Å²) < 4.78 is 9.56. The molecule has 0 saturated heterocycles. The lowest BCUT2D eigenvalue weighted by Crippen LogP contribution is -2.13. The van der Waals surface area contributed by atoms with Gasteiger partial charge in [-0.05, 0) is 24.3 Å². The molecular formula is C13H10O5. The van der Waals surface area contributed by atoms with Gasteiger partial charge in [0.25, 0.3) is 0 Å². The molecule has 0 amide bonds. The molecule has 0 spiro atoms. The van der Waals surface area contributed by atoms with Gasteiger partial charge in [-0.25, -0.2) is 4.79 Å². The van der Waals surface area contributed by atoms with Crippen molar-refractivity contribution in [2.24, 2.45) is 0 Å². The third kappa shape index (κ3) is 2.70. The molecular weight excluding hydrogens is 236 g/mol. The summed E-state index contributed by atoms with van der Waals surface area (Å²) >= 11 is 0. The Kier molecular flexibility index (Phi) is 3.33. The first-order chi connectivity index (χ1) is 8.66. The van der Waals surface area contributed by atoms with Crippen LogP contribution in [0.25, 0.3) is 0 Å². The van der Waals surface area contributed by atoms with Gasteiger partial charge in [-0.2, -0.15) is 0 Å². The van der Waals surface area contributed by atoms with Gasteiger partial charge in [0.2, 0.25) is 0 Å². The number of phenolic OH excluding ortho intramolecular Hbond substituents is 2. The number of carbonyl (C=O) groups excluding carboxylic acids is 1. The maximum Gasteiger partial charge on any atom is 0.519 e. The van der Waals surface area contributed by atoms with Crippen LogP contribution in [0.2, 0.25) is 0 Å². The lowest BCUT2D eigenvalue weighted by molar-refractivity contribution is 0.148. The Bertz CT molecular complexity index is 515. The van der Waals surface area contributed by atoms with Crippen LogP contribution in [0.4, 0.5) is 4.79 Å². The van der Waals surface area contributed by atoms with E-state index in [2.05, 4.69) is 0 Å². The number of carbonyl (C=O) groups is 1. The van der Waals surface area contributed by atoms with E-state index in [0.717, 1.165) is 0 Å². The minimum absolute atomic E-state index is 0.0158. The predicted octanol–water partition coefficient (Wildman–Crippen LogP) is 2.68. The van der Waals surface area contributed by atoms with E-state index in [0.29, 0.717) is 0 Å². The van der Waals surface area contributed by atoms with Gasteiger partial charge in [-0.1, -0.05) is 24.3 Å². The Hall–Kier alpha value is -2.69. The summed E-state index contributed by atoms with van der Waals surface area (Å²) in [5.41, 5.74) is 0. The smallest absolute Gasteiger partial charge is 0.504 e. The van der Waals surface area contributed by atoms with Crippen LogP contribution in [0.5, 0.6) is 23.0 Å². The van der Waals surface area contributed by atoms with E-state index in [4.69, 9.17) is 9.47 Å². The van der Waals surface area contributed by atoms with Gasteiger partial charge in [0, 0.05) is 0 Å². The summed E-state index contributed by atoms with van der Waals surface area (Å²) in [7, 11) is 0. The second-order valence-corrected chi connectivity index (χ2v) is 3.39. The van der Waals surface area contributed by atoms with E-state index >= 15 is 0 Å². The molecule has 2 rings (SSSR count). The molecule has 18 heavy (non-hydrogen) atoms. The van der Waals surface area contributed by atoms with Crippen LogP contribution in [0.1, 0.15) is 0 Å². The molecule has 0 aliphatic heterocycles. The molecule has 2 N–H and O–H groups in total. The van der Waals surface area contributed by atoms with Gasteiger partial charge in [0.1, 0.15) is 0 Å². The first kappa shape index (κ1) is 11.8. The summed E-state index contributed by atoms with van der Waals surface area (Å²) in [6.07, 6.45) is -1.04. The molecule has 5 nitrogen and oxygen atoms in total. The van der Waals surface area contributed by atoms with Crippen molar-refractivity contribution >= 4 is 6.16 Å². The zero-order chi connectivity index (χ0) is 13.0. The molecule has 0 aliphatic carbocycles. The third-order valence-corrected chi connectivity index (χ3v) is 2.12. The molecule has 0 atom stereocenters. The van der Waals surface area contributed by atoms with Crippen molar-refractivity contribution in [1.29, 1.82) is 0 Å². The predicted molar refractivity (Wildman–Crippen MR) is 62.9 cm³/mol. The molecule has 0 aromatic heterocycles. The van der Waals surface area contributed by atoms with E-state index < -0.39 is 6.16 Å². The zero-order valence-corrected chi connectivity index (χ0v) is 9.24. The summed E-state index contributed by atoms with van der Waals surface area (Å²) in [6, 6.07) is 12.0. The Morgan fingerprint density at radius 2 is 1.17 bits per heavy atom. The maximum atomic E-state index is 11.4. The summed E-state index contributed by atoms with van der Waals surface area (Å²) in [5.74, 6) is -0.380. The van der Waals surface area contributed by atoms with E-state index in [9.17, 15) is 15.0 Å². The van der Waals surface area contributed by atoms with Gasteiger partial charge >= 0.3 is 6.16 Å². The number of benzene rings is 2. The van der Waals surface area contributed by atoms with Crippen LogP contribution in [0.15, 0.2) is 48.5 Å². The number of phenols is 2. The maximum absolute atomic E-state index is 11.4. The highest BCUT2D eigenvalue weighted by Gasteiger charge is 2.12. The second-order valence-electron chi connectivity index (χ2n) is 3.39. The average molecular weight is 246 g/mol. The van der Waals surface area contributed by atoms with E-state index in [1.54, 1.807) is 24.3 Å². The summed E-state index contributed by atoms with van der Waals surface area (Å²) in [6.45, 7) is 0. The highest BCUT2D eigenvalue weighted by atomic mass is 16.7. The lowest BCUT2D eigenvalue weighted by atomic mass is 10.3. The molecule has 5 heteroatoms. The Balaban J connectivity index is 2.06. The molecule has 0 radical (unpaired) electrons. The van der Waals surface area contributed by atoms with Crippen LogP contribution in [-0.2, 0) is 0 Å². The van der Waals surface area contributed by atoms with Crippen molar-refractivity contribution in [2.75, 3.05) is 0 Å². The lowest BCUT2D eigenvalue weighted by Gasteiger charge is -2.07. The van der Waals surface area contributed by atoms with Crippen LogP contribution in [0, 0.1) is 0 Å². The quantitative estimate of drug-likeness (QED) is 0.629. The van der Waals surface area contributed by atoms with Gasteiger partial charge < -0.3 is 19.7 Å². The summed E-state index contributed by atoms with van der Waals surface area (Å²) in [5, 5.41) is 18.8.